The van der Waals surface area contributed by atoms with E-state index in [-0.39, 0.29) is 18.0 Å². The van der Waals surface area contributed by atoms with E-state index >= 15 is 0 Å². The van der Waals surface area contributed by atoms with Gasteiger partial charge in [0.25, 0.3) is 5.56 Å². The van der Waals surface area contributed by atoms with Crippen molar-refractivity contribution in [2.45, 2.75) is 40.4 Å². The number of aryl methyl sites for hydroxylation is 3. The molecule has 0 spiro atoms. The molecule has 3 rings (SSSR count). The Morgan fingerprint density at radius 1 is 1.24 bits per heavy atom. The van der Waals surface area contributed by atoms with Crippen LogP contribution in [0.5, 0.6) is 0 Å². The molecule has 130 valence electrons. The molecule has 1 N–H and O–H groups in total. The summed E-state index contributed by atoms with van der Waals surface area (Å²) in [4.78, 5) is 29.3. The number of hydrogen-bond donors (Lipinski definition) is 1. The number of aromatic nitrogens is 5. The number of nitrogens with zero attached hydrogens (tertiary/aromatic N) is 5. The molecule has 1 amide bonds. The molecule has 1 aromatic carbocycles. The Morgan fingerprint density at radius 3 is 2.76 bits per heavy atom. The fourth-order valence-corrected chi connectivity index (χ4v) is 2.74. The van der Waals surface area contributed by atoms with Crippen molar-refractivity contribution >= 4 is 16.8 Å². The lowest BCUT2D eigenvalue weighted by molar-refractivity contribution is -0.121. The number of nitrogens with one attached hydrogen (secondary N) is 1. The molecule has 0 aliphatic rings. The zero-order valence-corrected chi connectivity index (χ0v) is 14.5. The lowest BCUT2D eigenvalue weighted by atomic mass is 10.2. The molecular weight excluding hydrogens is 320 g/mol. The zero-order valence-electron chi connectivity index (χ0n) is 14.5. The molecule has 25 heavy (non-hydrogen) atoms. The van der Waals surface area contributed by atoms with Crippen LogP contribution in [0.25, 0.3) is 10.9 Å². The summed E-state index contributed by atoms with van der Waals surface area (Å²) < 4.78 is 3.13. The predicted octanol–water partition coefficient (Wildman–Crippen LogP) is 0.941. The first kappa shape index (κ1) is 16.8. The highest BCUT2D eigenvalue weighted by Crippen LogP contribution is 2.07. The van der Waals surface area contributed by atoms with E-state index in [0.29, 0.717) is 29.8 Å². The number of fused-ring (bicyclic) bond motifs is 1. The van der Waals surface area contributed by atoms with Gasteiger partial charge in [-0.1, -0.05) is 17.3 Å². The maximum absolute atomic E-state index is 12.6. The van der Waals surface area contributed by atoms with E-state index in [0.717, 1.165) is 11.4 Å². The second kappa shape index (κ2) is 6.84. The standard InChI is InChI=1S/C17H20N6O2/c1-4-23-15(11(2)20-21-23)9-18-16(24)10-22-12(3)19-14-8-6-5-7-13(14)17(22)25/h5-8H,4,9-10H2,1-3H3,(H,18,24). The molecular formula is C17H20N6O2. The van der Waals surface area contributed by atoms with Crippen molar-refractivity contribution in [3.05, 3.63) is 51.8 Å². The Balaban J connectivity index is 1.78. The van der Waals surface area contributed by atoms with Crippen molar-refractivity contribution in [2.24, 2.45) is 0 Å². The van der Waals surface area contributed by atoms with Crippen LogP contribution in [0.2, 0.25) is 0 Å². The second-order valence-corrected chi connectivity index (χ2v) is 5.78. The van der Waals surface area contributed by atoms with E-state index in [4.69, 9.17) is 0 Å². The van der Waals surface area contributed by atoms with Gasteiger partial charge >= 0.3 is 0 Å². The van der Waals surface area contributed by atoms with Gasteiger partial charge in [0.15, 0.2) is 0 Å². The fraction of sp³-hybridized carbons (Fsp3) is 0.353. The predicted molar refractivity (Wildman–Crippen MR) is 93.0 cm³/mol. The number of carbonyl (C=O) groups is 1. The number of rotatable bonds is 5. The molecule has 0 aliphatic carbocycles. The van der Waals surface area contributed by atoms with E-state index in [9.17, 15) is 9.59 Å². The van der Waals surface area contributed by atoms with Crippen molar-refractivity contribution in [3.8, 4) is 0 Å². The largest absolute Gasteiger partial charge is 0.349 e. The van der Waals surface area contributed by atoms with Crippen molar-refractivity contribution < 1.29 is 4.79 Å². The molecule has 0 saturated carbocycles. The van der Waals surface area contributed by atoms with Crippen LogP contribution in [0.3, 0.4) is 0 Å². The maximum atomic E-state index is 12.6. The molecule has 0 radical (unpaired) electrons. The number of carbonyl (C=O) groups excluding carboxylic acids is 1. The molecule has 2 heterocycles. The lowest BCUT2D eigenvalue weighted by Crippen LogP contribution is -2.34. The summed E-state index contributed by atoms with van der Waals surface area (Å²) in [6.45, 7) is 6.46. The summed E-state index contributed by atoms with van der Waals surface area (Å²) in [7, 11) is 0. The van der Waals surface area contributed by atoms with Gasteiger partial charge in [-0.25, -0.2) is 9.67 Å². The third-order valence-electron chi connectivity index (χ3n) is 4.14. The molecule has 0 aliphatic heterocycles. The van der Waals surface area contributed by atoms with Gasteiger partial charge in [-0.15, -0.1) is 5.10 Å². The Kier molecular flexibility index (Phi) is 4.60. The van der Waals surface area contributed by atoms with Gasteiger partial charge in [-0.3, -0.25) is 14.2 Å². The maximum Gasteiger partial charge on any atom is 0.261 e. The molecule has 2 aromatic heterocycles. The minimum Gasteiger partial charge on any atom is -0.349 e. The van der Waals surface area contributed by atoms with Crippen LogP contribution in [-0.4, -0.2) is 30.5 Å². The molecule has 0 saturated heterocycles. The highest BCUT2D eigenvalue weighted by Gasteiger charge is 2.13. The van der Waals surface area contributed by atoms with E-state index in [1.807, 2.05) is 19.9 Å². The lowest BCUT2D eigenvalue weighted by Gasteiger charge is -2.11. The third-order valence-corrected chi connectivity index (χ3v) is 4.14. The smallest absolute Gasteiger partial charge is 0.261 e. The Labute approximate surface area is 144 Å². The first-order chi connectivity index (χ1) is 12.0. The highest BCUT2D eigenvalue weighted by molar-refractivity contribution is 5.79. The SMILES string of the molecule is CCn1nnc(C)c1CNC(=O)Cn1c(C)nc2ccccc2c1=O. The van der Waals surface area contributed by atoms with Crippen LogP contribution in [0, 0.1) is 13.8 Å². The summed E-state index contributed by atoms with van der Waals surface area (Å²) in [5.41, 5.74) is 2.06. The first-order valence-corrected chi connectivity index (χ1v) is 8.13. The van der Waals surface area contributed by atoms with Gasteiger partial charge in [0.2, 0.25) is 5.91 Å². The molecule has 0 fully saturated rings. The normalized spacial score (nSPS) is 11.0. The summed E-state index contributed by atoms with van der Waals surface area (Å²) in [6, 6.07) is 7.12. The number of hydrogen-bond acceptors (Lipinski definition) is 5. The molecule has 8 heteroatoms. The fourth-order valence-electron chi connectivity index (χ4n) is 2.74. The van der Waals surface area contributed by atoms with E-state index in [2.05, 4.69) is 20.6 Å². The van der Waals surface area contributed by atoms with Crippen LogP contribution in [0.4, 0.5) is 0 Å². The van der Waals surface area contributed by atoms with Gasteiger partial charge < -0.3 is 5.32 Å². The average molecular weight is 340 g/mol. The highest BCUT2D eigenvalue weighted by atomic mass is 16.2. The van der Waals surface area contributed by atoms with Crippen LogP contribution in [0.15, 0.2) is 29.1 Å². The van der Waals surface area contributed by atoms with Gasteiger partial charge in [-0.05, 0) is 32.9 Å². The van der Waals surface area contributed by atoms with Crippen LogP contribution >= 0.6 is 0 Å². The van der Waals surface area contributed by atoms with Crippen LogP contribution in [0.1, 0.15) is 24.1 Å². The molecule has 8 nitrogen and oxygen atoms in total. The van der Waals surface area contributed by atoms with E-state index < -0.39 is 0 Å². The van der Waals surface area contributed by atoms with Gasteiger partial charge in [0.1, 0.15) is 12.4 Å². The molecule has 0 atom stereocenters. The Morgan fingerprint density at radius 2 is 2.00 bits per heavy atom. The van der Waals surface area contributed by atoms with Crippen molar-refractivity contribution in [1.82, 2.24) is 29.9 Å². The molecule has 3 aromatic rings. The van der Waals surface area contributed by atoms with E-state index in [1.54, 1.807) is 29.8 Å². The topological polar surface area (TPSA) is 94.7 Å². The van der Waals surface area contributed by atoms with Gasteiger partial charge in [0, 0.05) is 6.54 Å². The number of benzene rings is 1. The summed E-state index contributed by atoms with van der Waals surface area (Å²) >= 11 is 0. The van der Waals surface area contributed by atoms with E-state index in [1.165, 1.54) is 4.57 Å². The molecule has 0 unspecified atom stereocenters. The van der Waals surface area contributed by atoms with Crippen molar-refractivity contribution in [1.29, 1.82) is 0 Å². The second-order valence-electron chi connectivity index (χ2n) is 5.78. The van der Waals surface area contributed by atoms with Crippen LogP contribution in [-0.2, 0) is 24.4 Å². The van der Waals surface area contributed by atoms with Crippen molar-refractivity contribution in [2.75, 3.05) is 0 Å². The minimum atomic E-state index is -0.259. The minimum absolute atomic E-state index is 0.0742. The molecule has 0 bridgehead atoms. The average Bonchev–Trinajstić information content (AvgIpc) is 2.96. The van der Waals surface area contributed by atoms with Gasteiger partial charge in [-0.2, -0.15) is 0 Å². The first-order valence-electron chi connectivity index (χ1n) is 8.13. The summed E-state index contributed by atoms with van der Waals surface area (Å²) in [5.74, 6) is 0.251. The zero-order chi connectivity index (χ0) is 18.0. The number of para-hydroxylation sites is 1. The summed E-state index contributed by atoms with van der Waals surface area (Å²) in [5, 5.41) is 11.3. The van der Waals surface area contributed by atoms with Crippen molar-refractivity contribution in [3.63, 3.8) is 0 Å². The Hall–Kier alpha value is -3.03. The Bertz CT molecular complexity index is 988. The van der Waals surface area contributed by atoms with Crippen LogP contribution < -0.4 is 10.9 Å². The summed E-state index contributed by atoms with van der Waals surface area (Å²) in [6.07, 6.45) is 0. The third kappa shape index (κ3) is 3.28. The van der Waals surface area contributed by atoms with Gasteiger partial charge in [0.05, 0.1) is 28.8 Å². The monoisotopic (exact) mass is 340 g/mol. The number of amides is 1. The quantitative estimate of drug-likeness (QED) is 0.746.